The average molecular weight is 474 g/mol. The number of hydrogen-bond donors (Lipinski definition) is 0. The first kappa shape index (κ1) is 22.3. The standard InChI is InChI=1S/C31H27N3O2/c1-33-14-16-34(17-15-33)27-12-10-22(11-13-27)26-19-29-30(32-20-26)28(21-36-29)24-8-5-9-25(18-24)31(35)23-6-3-2-4-7-23/h2-13,18-21H,14-17H2,1H3. The van der Waals surface area contributed by atoms with Crippen molar-refractivity contribution in [2.24, 2.45) is 0 Å². The molecular weight excluding hydrogens is 446 g/mol. The van der Waals surface area contributed by atoms with Crippen LogP contribution in [0, 0.1) is 0 Å². The van der Waals surface area contributed by atoms with Gasteiger partial charge in [-0.3, -0.25) is 9.78 Å². The number of ketones is 1. The van der Waals surface area contributed by atoms with Crippen LogP contribution < -0.4 is 4.90 Å². The number of furan rings is 1. The first-order valence-corrected chi connectivity index (χ1v) is 12.3. The summed E-state index contributed by atoms with van der Waals surface area (Å²) >= 11 is 0. The first-order valence-electron chi connectivity index (χ1n) is 12.3. The third kappa shape index (κ3) is 4.30. The second-order valence-electron chi connectivity index (χ2n) is 9.33. The molecule has 0 N–H and O–H groups in total. The predicted molar refractivity (Wildman–Crippen MR) is 144 cm³/mol. The molecule has 0 aliphatic carbocycles. The highest BCUT2D eigenvalue weighted by Crippen LogP contribution is 2.33. The van der Waals surface area contributed by atoms with E-state index in [4.69, 9.17) is 9.40 Å². The van der Waals surface area contributed by atoms with Gasteiger partial charge < -0.3 is 14.2 Å². The van der Waals surface area contributed by atoms with E-state index in [2.05, 4.69) is 41.1 Å². The molecule has 0 spiro atoms. The van der Waals surface area contributed by atoms with Gasteiger partial charge in [-0.05, 0) is 42.4 Å². The number of carbonyl (C=O) groups excluding carboxylic acids is 1. The van der Waals surface area contributed by atoms with E-state index in [1.54, 1.807) is 6.26 Å². The molecule has 5 heteroatoms. The Hall–Kier alpha value is -4.22. The number of pyridine rings is 1. The zero-order chi connectivity index (χ0) is 24.5. The summed E-state index contributed by atoms with van der Waals surface area (Å²) in [5, 5.41) is 0. The highest BCUT2D eigenvalue weighted by atomic mass is 16.3. The zero-order valence-electron chi connectivity index (χ0n) is 20.2. The zero-order valence-corrected chi connectivity index (χ0v) is 20.2. The minimum Gasteiger partial charge on any atom is -0.462 e. The molecule has 1 saturated heterocycles. The Bertz CT molecular complexity index is 1520. The van der Waals surface area contributed by atoms with Crippen LogP contribution in [0.3, 0.4) is 0 Å². The molecule has 36 heavy (non-hydrogen) atoms. The van der Waals surface area contributed by atoms with Gasteiger partial charge in [0.1, 0.15) is 11.8 Å². The van der Waals surface area contributed by atoms with E-state index in [1.165, 1.54) is 5.69 Å². The summed E-state index contributed by atoms with van der Waals surface area (Å²) in [7, 11) is 2.17. The van der Waals surface area contributed by atoms with Gasteiger partial charge in [-0.2, -0.15) is 0 Å². The highest BCUT2D eigenvalue weighted by Gasteiger charge is 2.16. The smallest absolute Gasteiger partial charge is 0.193 e. The minimum atomic E-state index is 0.000478. The maximum Gasteiger partial charge on any atom is 0.193 e. The fraction of sp³-hybridized carbons (Fsp3) is 0.161. The number of rotatable bonds is 5. The Morgan fingerprint density at radius 3 is 2.31 bits per heavy atom. The summed E-state index contributed by atoms with van der Waals surface area (Å²) in [5.74, 6) is 0.000478. The van der Waals surface area contributed by atoms with Crippen molar-refractivity contribution in [1.82, 2.24) is 9.88 Å². The number of piperazine rings is 1. The molecule has 0 atom stereocenters. The molecule has 3 heterocycles. The van der Waals surface area contributed by atoms with Crippen molar-refractivity contribution in [3.63, 3.8) is 0 Å². The number of carbonyl (C=O) groups is 1. The van der Waals surface area contributed by atoms with Crippen LogP contribution in [-0.2, 0) is 0 Å². The highest BCUT2D eigenvalue weighted by molar-refractivity contribution is 6.09. The number of aromatic nitrogens is 1. The third-order valence-corrected chi connectivity index (χ3v) is 6.95. The lowest BCUT2D eigenvalue weighted by molar-refractivity contribution is 0.103. The van der Waals surface area contributed by atoms with Crippen molar-refractivity contribution in [1.29, 1.82) is 0 Å². The lowest BCUT2D eigenvalue weighted by Crippen LogP contribution is -2.44. The second kappa shape index (κ2) is 9.44. The summed E-state index contributed by atoms with van der Waals surface area (Å²) in [4.78, 5) is 22.5. The Morgan fingerprint density at radius 1 is 0.778 bits per heavy atom. The quantitative estimate of drug-likeness (QED) is 0.287. The maximum atomic E-state index is 12.9. The number of hydrogen-bond acceptors (Lipinski definition) is 5. The number of benzene rings is 3. The fourth-order valence-electron chi connectivity index (χ4n) is 4.79. The summed E-state index contributed by atoms with van der Waals surface area (Å²) in [6.45, 7) is 4.28. The van der Waals surface area contributed by atoms with Crippen molar-refractivity contribution in [3.05, 3.63) is 109 Å². The molecule has 0 bridgehead atoms. The van der Waals surface area contributed by atoms with Crippen molar-refractivity contribution in [2.45, 2.75) is 0 Å². The van der Waals surface area contributed by atoms with Crippen molar-refractivity contribution < 1.29 is 9.21 Å². The molecule has 5 nitrogen and oxygen atoms in total. The number of fused-ring (bicyclic) bond motifs is 1. The molecule has 0 radical (unpaired) electrons. The Kier molecular flexibility index (Phi) is 5.84. The van der Waals surface area contributed by atoms with Gasteiger partial charge in [0, 0.05) is 60.3 Å². The molecule has 2 aromatic heterocycles. The van der Waals surface area contributed by atoms with Gasteiger partial charge in [-0.15, -0.1) is 0 Å². The van der Waals surface area contributed by atoms with Gasteiger partial charge in [-0.1, -0.05) is 60.7 Å². The average Bonchev–Trinajstić information content (AvgIpc) is 3.37. The molecular formula is C31H27N3O2. The van der Waals surface area contributed by atoms with Crippen molar-refractivity contribution in [2.75, 3.05) is 38.1 Å². The van der Waals surface area contributed by atoms with E-state index in [0.717, 1.165) is 59.5 Å². The molecule has 178 valence electrons. The molecule has 0 amide bonds. The van der Waals surface area contributed by atoms with Crippen molar-refractivity contribution in [3.8, 4) is 22.3 Å². The van der Waals surface area contributed by atoms with E-state index in [0.29, 0.717) is 11.1 Å². The fourth-order valence-corrected chi connectivity index (χ4v) is 4.79. The van der Waals surface area contributed by atoms with E-state index in [9.17, 15) is 4.79 Å². The third-order valence-electron chi connectivity index (χ3n) is 6.95. The normalized spacial score (nSPS) is 14.3. The topological polar surface area (TPSA) is 49.6 Å². The summed E-state index contributed by atoms with van der Waals surface area (Å²) < 4.78 is 5.92. The monoisotopic (exact) mass is 473 g/mol. The Balaban J connectivity index is 1.26. The van der Waals surface area contributed by atoms with Gasteiger partial charge in [0.15, 0.2) is 11.4 Å². The van der Waals surface area contributed by atoms with E-state index < -0.39 is 0 Å². The first-order chi connectivity index (χ1) is 17.7. The van der Waals surface area contributed by atoms with E-state index in [-0.39, 0.29) is 5.78 Å². The predicted octanol–water partition coefficient (Wildman–Crippen LogP) is 6.14. The molecule has 0 saturated carbocycles. The van der Waals surface area contributed by atoms with Crippen molar-refractivity contribution >= 4 is 22.6 Å². The van der Waals surface area contributed by atoms with Crippen LogP contribution in [0.5, 0.6) is 0 Å². The summed E-state index contributed by atoms with van der Waals surface area (Å²) in [5.41, 5.74) is 8.00. The molecule has 5 aromatic rings. The molecule has 1 fully saturated rings. The minimum absolute atomic E-state index is 0.000478. The number of anilines is 1. The largest absolute Gasteiger partial charge is 0.462 e. The van der Waals surface area contributed by atoms with Crippen LogP contribution in [0.15, 0.2) is 102 Å². The van der Waals surface area contributed by atoms with Gasteiger partial charge >= 0.3 is 0 Å². The second-order valence-corrected chi connectivity index (χ2v) is 9.33. The molecule has 3 aromatic carbocycles. The van der Waals surface area contributed by atoms with Gasteiger partial charge in [0.2, 0.25) is 0 Å². The molecule has 6 rings (SSSR count). The lowest BCUT2D eigenvalue weighted by Gasteiger charge is -2.34. The van der Waals surface area contributed by atoms with Crippen LogP contribution in [0.25, 0.3) is 33.4 Å². The van der Waals surface area contributed by atoms with Crippen LogP contribution in [0.2, 0.25) is 0 Å². The van der Waals surface area contributed by atoms with Crippen LogP contribution in [0.1, 0.15) is 15.9 Å². The summed E-state index contributed by atoms with van der Waals surface area (Å²) in [6, 6.07) is 27.7. The Morgan fingerprint density at radius 2 is 1.53 bits per heavy atom. The van der Waals surface area contributed by atoms with Gasteiger partial charge in [0.25, 0.3) is 0 Å². The lowest BCUT2D eigenvalue weighted by atomic mass is 9.98. The van der Waals surface area contributed by atoms with Crippen LogP contribution in [0.4, 0.5) is 5.69 Å². The molecule has 1 aliphatic heterocycles. The van der Waals surface area contributed by atoms with E-state index in [1.807, 2.05) is 66.9 Å². The molecule has 1 aliphatic rings. The summed E-state index contributed by atoms with van der Waals surface area (Å²) in [6.07, 6.45) is 3.62. The van der Waals surface area contributed by atoms with E-state index >= 15 is 0 Å². The number of nitrogens with zero attached hydrogens (tertiary/aromatic N) is 3. The van der Waals surface area contributed by atoms with Gasteiger partial charge in [-0.25, -0.2) is 0 Å². The van der Waals surface area contributed by atoms with Gasteiger partial charge in [0.05, 0.1) is 0 Å². The number of likely N-dealkylation sites (N-methyl/N-ethyl adjacent to an activating group) is 1. The Labute approximate surface area is 210 Å². The SMILES string of the molecule is CN1CCN(c2ccc(-c3cnc4c(-c5cccc(C(=O)c6ccccc6)c5)coc4c3)cc2)CC1. The van der Waals surface area contributed by atoms with Crippen LogP contribution in [-0.4, -0.2) is 48.9 Å². The maximum absolute atomic E-state index is 12.9. The molecule has 0 unspecified atom stereocenters. The van der Waals surface area contributed by atoms with Crippen LogP contribution >= 0.6 is 0 Å².